The molecule has 0 aromatic rings. The molecule has 0 saturated carbocycles. The van der Waals surface area contributed by atoms with Crippen LogP contribution < -0.4 is 5.32 Å². The van der Waals surface area contributed by atoms with Gasteiger partial charge in [-0.15, -0.1) is 0 Å². The summed E-state index contributed by atoms with van der Waals surface area (Å²) in [5, 5.41) is 2.79. The zero-order valence-electron chi connectivity index (χ0n) is 11.5. The first-order valence-electron chi connectivity index (χ1n) is 6.48. The standard InChI is InChI=1S/C12H19F3N2O3/c1-3-8(11(19)20-2)16-9-5-4-6-17(10(9)18)7-12(13,14)15/h8-9,16H,3-7H2,1-2H3/t8-,9-/m0/s1. The Balaban J connectivity index is 2.66. The largest absolute Gasteiger partial charge is 0.468 e. The average molecular weight is 296 g/mol. The predicted octanol–water partition coefficient (Wildman–Crippen LogP) is 1.08. The highest BCUT2D eigenvalue weighted by Gasteiger charge is 2.38. The minimum absolute atomic E-state index is 0.0888. The summed E-state index contributed by atoms with van der Waals surface area (Å²) in [4.78, 5) is 24.2. The molecular formula is C12H19F3N2O3. The number of hydrogen-bond acceptors (Lipinski definition) is 4. The van der Waals surface area contributed by atoms with Crippen LogP contribution in [0.15, 0.2) is 0 Å². The first kappa shape index (κ1) is 16.7. The van der Waals surface area contributed by atoms with Crippen molar-refractivity contribution in [3.8, 4) is 0 Å². The summed E-state index contributed by atoms with van der Waals surface area (Å²) >= 11 is 0. The fourth-order valence-electron chi connectivity index (χ4n) is 2.21. The van der Waals surface area contributed by atoms with Gasteiger partial charge in [-0.1, -0.05) is 6.92 Å². The molecule has 0 radical (unpaired) electrons. The molecule has 1 heterocycles. The van der Waals surface area contributed by atoms with Crippen molar-refractivity contribution in [2.24, 2.45) is 0 Å². The first-order valence-corrected chi connectivity index (χ1v) is 6.48. The van der Waals surface area contributed by atoms with Crippen molar-refractivity contribution in [2.75, 3.05) is 20.2 Å². The van der Waals surface area contributed by atoms with Crippen molar-refractivity contribution in [1.82, 2.24) is 10.2 Å². The Hall–Kier alpha value is -1.31. The second kappa shape index (κ2) is 6.92. The van der Waals surface area contributed by atoms with E-state index in [4.69, 9.17) is 0 Å². The number of alkyl halides is 3. The van der Waals surface area contributed by atoms with E-state index in [1.54, 1.807) is 6.92 Å². The normalized spacial score (nSPS) is 21.8. The van der Waals surface area contributed by atoms with Gasteiger partial charge in [-0.2, -0.15) is 13.2 Å². The molecule has 116 valence electrons. The van der Waals surface area contributed by atoms with Crippen molar-refractivity contribution in [1.29, 1.82) is 0 Å². The van der Waals surface area contributed by atoms with Gasteiger partial charge in [0.2, 0.25) is 5.91 Å². The van der Waals surface area contributed by atoms with Crippen LogP contribution in [-0.2, 0) is 14.3 Å². The molecule has 1 amide bonds. The number of halogens is 3. The van der Waals surface area contributed by atoms with E-state index in [2.05, 4.69) is 10.1 Å². The molecule has 0 aromatic heterocycles. The summed E-state index contributed by atoms with van der Waals surface area (Å²) in [6, 6.07) is -1.45. The van der Waals surface area contributed by atoms with Crippen LogP contribution >= 0.6 is 0 Å². The molecule has 0 spiro atoms. The lowest BCUT2D eigenvalue weighted by Gasteiger charge is -2.34. The third-order valence-electron chi connectivity index (χ3n) is 3.20. The van der Waals surface area contributed by atoms with Gasteiger partial charge in [-0.05, 0) is 19.3 Å². The molecule has 5 nitrogen and oxygen atoms in total. The molecular weight excluding hydrogens is 277 g/mol. The molecule has 0 bridgehead atoms. The SMILES string of the molecule is CC[C@H](N[C@H]1CCCN(CC(F)(F)F)C1=O)C(=O)OC. The quantitative estimate of drug-likeness (QED) is 0.771. The van der Waals surface area contributed by atoms with Crippen molar-refractivity contribution < 1.29 is 27.5 Å². The number of ether oxygens (including phenoxy) is 1. The summed E-state index contributed by atoms with van der Waals surface area (Å²) in [5.74, 6) is -1.14. The number of likely N-dealkylation sites (tertiary alicyclic amines) is 1. The summed E-state index contributed by atoms with van der Waals surface area (Å²) in [5.41, 5.74) is 0. The third-order valence-corrected chi connectivity index (χ3v) is 3.20. The van der Waals surface area contributed by atoms with Crippen LogP contribution in [0.5, 0.6) is 0 Å². The van der Waals surface area contributed by atoms with Crippen molar-refractivity contribution in [2.45, 2.75) is 44.4 Å². The highest BCUT2D eigenvalue weighted by molar-refractivity contribution is 5.84. The predicted molar refractivity (Wildman–Crippen MR) is 64.9 cm³/mol. The fourth-order valence-corrected chi connectivity index (χ4v) is 2.21. The highest BCUT2D eigenvalue weighted by Crippen LogP contribution is 2.21. The molecule has 20 heavy (non-hydrogen) atoms. The Labute approximate surface area is 115 Å². The lowest BCUT2D eigenvalue weighted by molar-refractivity contribution is -0.165. The van der Waals surface area contributed by atoms with Gasteiger partial charge in [-0.25, -0.2) is 0 Å². The van der Waals surface area contributed by atoms with E-state index in [1.807, 2.05) is 0 Å². The Morgan fingerprint density at radius 1 is 1.55 bits per heavy atom. The van der Waals surface area contributed by atoms with Gasteiger partial charge < -0.3 is 9.64 Å². The smallest absolute Gasteiger partial charge is 0.406 e. The number of carbonyl (C=O) groups is 2. The molecule has 0 unspecified atom stereocenters. The van der Waals surface area contributed by atoms with Gasteiger partial charge in [0.15, 0.2) is 0 Å². The maximum Gasteiger partial charge on any atom is 0.406 e. The van der Waals surface area contributed by atoms with Gasteiger partial charge in [0.05, 0.1) is 13.2 Å². The second-order valence-electron chi connectivity index (χ2n) is 4.72. The van der Waals surface area contributed by atoms with E-state index in [9.17, 15) is 22.8 Å². The van der Waals surface area contributed by atoms with Crippen LogP contribution in [0.4, 0.5) is 13.2 Å². The molecule has 1 aliphatic heterocycles. The lowest BCUT2D eigenvalue weighted by Crippen LogP contribution is -2.56. The summed E-state index contributed by atoms with van der Waals surface area (Å²) in [7, 11) is 1.23. The minimum Gasteiger partial charge on any atom is -0.468 e. The average Bonchev–Trinajstić information content (AvgIpc) is 2.37. The number of nitrogens with zero attached hydrogens (tertiary/aromatic N) is 1. The van der Waals surface area contributed by atoms with Crippen LogP contribution in [-0.4, -0.2) is 55.2 Å². The van der Waals surface area contributed by atoms with Gasteiger partial charge in [0.25, 0.3) is 0 Å². The van der Waals surface area contributed by atoms with Crippen molar-refractivity contribution >= 4 is 11.9 Å². The van der Waals surface area contributed by atoms with Gasteiger partial charge >= 0.3 is 12.1 Å². The number of piperidine rings is 1. The molecule has 0 aromatic carbocycles. The lowest BCUT2D eigenvalue weighted by atomic mass is 10.0. The number of amides is 1. The van der Waals surface area contributed by atoms with E-state index in [-0.39, 0.29) is 6.54 Å². The zero-order valence-corrected chi connectivity index (χ0v) is 11.5. The summed E-state index contributed by atoms with van der Waals surface area (Å²) in [6.07, 6.45) is -3.13. The van der Waals surface area contributed by atoms with Crippen LogP contribution in [0, 0.1) is 0 Å². The molecule has 0 aliphatic carbocycles. The van der Waals surface area contributed by atoms with Gasteiger partial charge in [0.1, 0.15) is 12.6 Å². The first-order chi connectivity index (χ1) is 9.28. The summed E-state index contributed by atoms with van der Waals surface area (Å²) < 4.78 is 41.7. The Kier molecular flexibility index (Phi) is 5.79. The van der Waals surface area contributed by atoms with Crippen molar-refractivity contribution in [3.63, 3.8) is 0 Å². The number of esters is 1. The molecule has 1 rings (SSSR count). The van der Waals surface area contributed by atoms with Gasteiger partial charge in [0, 0.05) is 6.54 Å². The number of carbonyl (C=O) groups excluding carboxylic acids is 2. The van der Waals surface area contributed by atoms with Gasteiger partial charge in [-0.3, -0.25) is 14.9 Å². The Morgan fingerprint density at radius 3 is 2.70 bits per heavy atom. The molecule has 1 aliphatic rings. The van der Waals surface area contributed by atoms with E-state index in [1.165, 1.54) is 7.11 Å². The monoisotopic (exact) mass is 296 g/mol. The molecule has 2 atom stereocenters. The number of methoxy groups -OCH3 is 1. The minimum atomic E-state index is -4.41. The van der Waals surface area contributed by atoms with Crippen LogP contribution in [0.3, 0.4) is 0 Å². The van der Waals surface area contributed by atoms with Crippen LogP contribution in [0.1, 0.15) is 26.2 Å². The molecule has 1 fully saturated rings. The molecule has 8 heteroatoms. The van der Waals surface area contributed by atoms with E-state index in [0.717, 1.165) is 4.90 Å². The zero-order chi connectivity index (χ0) is 15.3. The number of rotatable bonds is 5. The maximum absolute atomic E-state index is 12.4. The molecule has 1 saturated heterocycles. The summed E-state index contributed by atoms with van der Waals surface area (Å²) in [6.45, 7) is 0.569. The van der Waals surface area contributed by atoms with Crippen molar-refractivity contribution in [3.05, 3.63) is 0 Å². The maximum atomic E-state index is 12.4. The number of hydrogen-bond donors (Lipinski definition) is 1. The van der Waals surface area contributed by atoms with Crippen LogP contribution in [0.2, 0.25) is 0 Å². The number of nitrogens with one attached hydrogen (secondary N) is 1. The van der Waals surface area contributed by atoms with E-state index < -0.39 is 36.7 Å². The highest BCUT2D eigenvalue weighted by atomic mass is 19.4. The van der Waals surface area contributed by atoms with E-state index in [0.29, 0.717) is 19.3 Å². The Morgan fingerprint density at radius 2 is 2.20 bits per heavy atom. The van der Waals surface area contributed by atoms with E-state index >= 15 is 0 Å². The topological polar surface area (TPSA) is 58.6 Å². The Bertz CT molecular complexity index is 360. The second-order valence-corrected chi connectivity index (χ2v) is 4.72. The fraction of sp³-hybridized carbons (Fsp3) is 0.833. The molecule has 1 N–H and O–H groups in total. The van der Waals surface area contributed by atoms with Crippen LogP contribution in [0.25, 0.3) is 0 Å². The third kappa shape index (κ3) is 4.66.